The van der Waals surface area contributed by atoms with Crippen LogP contribution in [0.5, 0.6) is 0 Å². The fourth-order valence-electron chi connectivity index (χ4n) is 2.38. The van der Waals surface area contributed by atoms with Crippen LogP contribution in [0.3, 0.4) is 0 Å². The van der Waals surface area contributed by atoms with Gasteiger partial charge in [-0.05, 0) is 54.8 Å². The van der Waals surface area contributed by atoms with Crippen molar-refractivity contribution >= 4 is 39.1 Å². The normalized spacial score (nSPS) is 12.4. The Kier molecular flexibility index (Phi) is 6.12. The molecule has 2 aromatic rings. The summed E-state index contributed by atoms with van der Waals surface area (Å²) in [6.45, 7) is 5.18. The monoisotopic (exact) mass is 385 g/mol. The van der Waals surface area contributed by atoms with Gasteiger partial charge in [0.05, 0.1) is 16.1 Å². The molecule has 21 heavy (non-hydrogen) atoms. The maximum Gasteiger partial charge on any atom is 0.0643 e. The van der Waals surface area contributed by atoms with Gasteiger partial charge in [0.1, 0.15) is 0 Å². The van der Waals surface area contributed by atoms with Crippen LogP contribution in [0.2, 0.25) is 10.0 Å². The van der Waals surface area contributed by atoms with E-state index in [1.165, 1.54) is 11.1 Å². The van der Waals surface area contributed by atoms with Gasteiger partial charge in [0, 0.05) is 4.47 Å². The molecule has 0 saturated heterocycles. The predicted octanol–water partition coefficient (Wildman–Crippen LogP) is 6.15. The van der Waals surface area contributed by atoms with Gasteiger partial charge in [-0.25, -0.2) is 0 Å². The molecule has 1 N–H and O–H groups in total. The standard InChI is InChI=1S/C17H18BrCl2N/c1-3-9-21-17(13-8-7-12(18)10-11(13)2)14-5-4-6-15(19)16(14)20/h4-8,10,17,21H,3,9H2,1-2H3. The van der Waals surface area contributed by atoms with Crippen LogP contribution >= 0.6 is 39.1 Å². The van der Waals surface area contributed by atoms with Gasteiger partial charge in [-0.1, -0.05) is 64.3 Å². The van der Waals surface area contributed by atoms with E-state index in [9.17, 15) is 0 Å². The molecule has 0 spiro atoms. The first-order valence-electron chi connectivity index (χ1n) is 6.98. The first kappa shape index (κ1) is 16.8. The van der Waals surface area contributed by atoms with Gasteiger partial charge in [-0.2, -0.15) is 0 Å². The predicted molar refractivity (Wildman–Crippen MR) is 95.5 cm³/mol. The van der Waals surface area contributed by atoms with E-state index < -0.39 is 0 Å². The minimum atomic E-state index is 0.0456. The maximum atomic E-state index is 6.42. The van der Waals surface area contributed by atoms with Gasteiger partial charge in [-0.3, -0.25) is 0 Å². The fourth-order valence-corrected chi connectivity index (χ4v) is 3.28. The average molecular weight is 387 g/mol. The smallest absolute Gasteiger partial charge is 0.0643 e. The van der Waals surface area contributed by atoms with Crippen LogP contribution < -0.4 is 5.32 Å². The van der Waals surface area contributed by atoms with Crippen molar-refractivity contribution in [2.24, 2.45) is 0 Å². The average Bonchev–Trinajstić information content (AvgIpc) is 2.45. The highest BCUT2D eigenvalue weighted by atomic mass is 79.9. The molecule has 0 radical (unpaired) electrons. The van der Waals surface area contributed by atoms with Crippen molar-refractivity contribution in [1.29, 1.82) is 0 Å². The first-order valence-corrected chi connectivity index (χ1v) is 8.52. The highest BCUT2D eigenvalue weighted by molar-refractivity contribution is 9.10. The second-order valence-corrected chi connectivity index (χ2v) is 6.73. The molecule has 4 heteroatoms. The van der Waals surface area contributed by atoms with Gasteiger partial charge in [0.15, 0.2) is 0 Å². The first-order chi connectivity index (χ1) is 10.0. The lowest BCUT2D eigenvalue weighted by atomic mass is 9.95. The third-order valence-electron chi connectivity index (χ3n) is 3.43. The molecule has 1 unspecified atom stereocenters. The summed E-state index contributed by atoms with van der Waals surface area (Å²) in [6, 6.07) is 12.1. The molecule has 2 rings (SSSR count). The molecule has 0 heterocycles. The Balaban J connectivity index is 2.49. The van der Waals surface area contributed by atoms with Crippen LogP contribution in [0.25, 0.3) is 0 Å². The molecule has 0 amide bonds. The minimum absolute atomic E-state index is 0.0456. The Morgan fingerprint density at radius 3 is 2.57 bits per heavy atom. The molecule has 112 valence electrons. The van der Waals surface area contributed by atoms with Crippen LogP contribution in [0.15, 0.2) is 40.9 Å². The molecule has 0 aliphatic rings. The van der Waals surface area contributed by atoms with Crippen molar-refractivity contribution in [2.45, 2.75) is 26.3 Å². The molecular weight excluding hydrogens is 369 g/mol. The largest absolute Gasteiger partial charge is 0.306 e. The van der Waals surface area contributed by atoms with Crippen molar-refractivity contribution in [2.75, 3.05) is 6.54 Å². The summed E-state index contributed by atoms with van der Waals surface area (Å²) in [5, 5.41) is 4.78. The third kappa shape index (κ3) is 4.01. The van der Waals surface area contributed by atoms with E-state index >= 15 is 0 Å². The number of hydrogen-bond donors (Lipinski definition) is 1. The minimum Gasteiger partial charge on any atom is -0.306 e. The molecule has 0 saturated carbocycles. The summed E-state index contributed by atoms with van der Waals surface area (Å²) in [4.78, 5) is 0. The number of nitrogens with one attached hydrogen (secondary N) is 1. The molecule has 0 aliphatic heterocycles. The molecule has 1 nitrogen and oxygen atoms in total. The topological polar surface area (TPSA) is 12.0 Å². The number of benzene rings is 2. The highest BCUT2D eigenvalue weighted by Gasteiger charge is 2.19. The Morgan fingerprint density at radius 1 is 1.14 bits per heavy atom. The lowest BCUT2D eigenvalue weighted by Gasteiger charge is -2.23. The van der Waals surface area contributed by atoms with E-state index in [1.807, 2.05) is 18.2 Å². The summed E-state index contributed by atoms with van der Waals surface area (Å²) in [5.41, 5.74) is 3.45. The molecule has 1 atom stereocenters. The van der Waals surface area contributed by atoms with Crippen LogP contribution in [-0.2, 0) is 0 Å². The van der Waals surface area contributed by atoms with Crippen LogP contribution in [0, 0.1) is 6.92 Å². The molecule has 0 fully saturated rings. The Labute approximate surface area is 144 Å². The van der Waals surface area contributed by atoms with E-state index in [1.54, 1.807) is 0 Å². The lowest BCUT2D eigenvalue weighted by molar-refractivity contribution is 0.596. The second-order valence-electron chi connectivity index (χ2n) is 5.03. The van der Waals surface area contributed by atoms with Gasteiger partial charge in [-0.15, -0.1) is 0 Å². The van der Waals surface area contributed by atoms with Gasteiger partial charge < -0.3 is 5.32 Å². The molecule has 0 bridgehead atoms. The zero-order valence-corrected chi connectivity index (χ0v) is 15.2. The quantitative estimate of drug-likeness (QED) is 0.649. The Hall–Kier alpha value is -0.540. The summed E-state index contributed by atoms with van der Waals surface area (Å²) in [7, 11) is 0. The molecular formula is C17H18BrCl2N. The summed E-state index contributed by atoms with van der Waals surface area (Å²) in [5.74, 6) is 0. The van der Waals surface area contributed by atoms with Crippen LogP contribution in [-0.4, -0.2) is 6.54 Å². The van der Waals surface area contributed by atoms with Crippen molar-refractivity contribution in [3.05, 3.63) is 67.6 Å². The summed E-state index contributed by atoms with van der Waals surface area (Å²) >= 11 is 16.1. The number of rotatable bonds is 5. The van der Waals surface area contributed by atoms with E-state index in [4.69, 9.17) is 23.2 Å². The molecule has 2 aromatic carbocycles. The molecule has 0 aromatic heterocycles. The lowest BCUT2D eigenvalue weighted by Crippen LogP contribution is -2.24. The zero-order valence-electron chi connectivity index (χ0n) is 12.1. The van der Waals surface area contributed by atoms with Crippen molar-refractivity contribution in [3.8, 4) is 0 Å². The maximum absolute atomic E-state index is 6.42. The SMILES string of the molecule is CCCNC(c1ccc(Br)cc1C)c1cccc(Cl)c1Cl. The van der Waals surface area contributed by atoms with Crippen molar-refractivity contribution < 1.29 is 0 Å². The van der Waals surface area contributed by atoms with Crippen LogP contribution in [0.1, 0.15) is 36.1 Å². The zero-order chi connectivity index (χ0) is 15.4. The Bertz CT molecular complexity index is 628. The van der Waals surface area contributed by atoms with Crippen molar-refractivity contribution in [3.63, 3.8) is 0 Å². The second kappa shape index (κ2) is 7.64. The number of aryl methyl sites for hydroxylation is 1. The highest BCUT2D eigenvalue weighted by Crippen LogP contribution is 2.34. The fraction of sp³-hybridized carbons (Fsp3) is 0.294. The van der Waals surface area contributed by atoms with Crippen molar-refractivity contribution in [1.82, 2.24) is 5.32 Å². The van der Waals surface area contributed by atoms with Gasteiger partial charge in [0.25, 0.3) is 0 Å². The van der Waals surface area contributed by atoms with Gasteiger partial charge >= 0.3 is 0 Å². The van der Waals surface area contributed by atoms with Crippen LogP contribution in [0.4, 0.5) is 0 Å². The van der Waals surface area contributed by atoms with E-state index in [0.717, 1.165) is 23.0 Å². The number of hydrogen-bond acceptors (Lipinski definition) is 1. The Morgan fingerprint density at radius 2 is 1.90 bits per heavy atom. The van der Waals surface area contributed by atoms with Gasteiger partial charge in [0.2, 0.25) is 0 Å². The van der Waals surface area contributed by atoms with E-state index in [-0.39, 0.29) is 6.04 Å². The number of halogens is 3. The molecule has 0 aliphatic carbocycles. The summed E-state index contributed by atoms with van der Waals surface area (Å²) in [6.07, 6.45) is 1.06. The summed E-state index contributed by atoms with van der Waals surface area (Å²) < 4.78 is 1.08. The van der Waals surface area contributed by atoms with E-state index in [2.05, 4.69) is 53.3 Å². The van der Waals surface area contributed by atoms with E-state index in [0.29, 0.717) is 10.0 Å². The third-order valence-corrected chi connectivity index (χ3v) is 4.76.